The summed E-state index contributed by atoms with van der Waals surface area (Å²) in [5.41, 5.74) is 6.68. The second kappa shape index (κ2) is 6.56. The van der Waals surface area contributed by atoms with E-state index in [2.05, 4.69) is 4.90 Å². The highest BCUT2D eigenvalue weighted by Gasteiger charge is 2.22. The van der Waals surface area contributed by atoms with Gasteiger partial charge in [0, 0.05) is 29.9 Å². The molecule has 1 saturated heterocycles. The Labute approximate surface area is 132 Å². The molecule has 0 saturated carbocycles. The van der Waals surface area contributed by atoms with Gasteiger partial charge in [0.1, 0.15) is 5.82 Å². The quantitative estimate of drug-likeness (QED) is 0.942. The number of halogens is 1. The molecule has 0 spiro atoms. The van der Waals surface area contributed by atoms with E-state index in [1.54, 1.807) is 11.4 Å². The zero-order valence-corrected chi connectivity index (χ0v) is 12.8. The molecule has 4 nitrogen and oxygen atoms in total. The first-order chi connectivity index (χ1) is 10.6. The lowest BCUT2D eigenvalue weighted by atomic mass is 10.1. The third-order valence-corrected chi connectivity index (χ3v) is 4.61. The SMILES string of the molecule is NC(=O)c1csc(CN2CCO[C@@H](c3cccc(F)c3)C2)c1. The van der Waals surface area contributed by atoms with E-state index in [1.165, 1.54) is 23.5 Å². The molecule has 0 bridgehead atoms. The van der Waals surface area contributed by atoms with Crippen molar-refractivity contribution in [2.24, 2.45) is 5.73 Å². The number of benzene rings is 1. The summed E-state index contributed by atoms with van der Waals surface area (Å²) in [6.07, 6.45) is -0.125. The zero-order chi connectivity index (χ0) is 15.5. The number of amides is 1. The van der Waals surface area contributed by atoms with Crippen LogP contribution in [-0.2, 0) is 11.3 Å². The highest BCUT2D eigenvalue weighted by molar-refractivity contribution is 7.10. The number of thiophene rings is 1. The number of carbonyl (C=O) groups excluding carboxylic acids is 1. The molecule has 1 aliphatic rings. The second-order valence-corrected chi connectivity index (χ2v) is 6.31. The van der Waals surface area contributed by atoms with Crippen LogP contribution < -0.4 is 5.73 Å². The van der Waals surface area contributed by atoms with Gasteiger partial charge in [-0.3, -0.25) is 9.69 Å². The van der Waals surface area contributed by atoms with Crippen LogP contribution in [0.2, 0.25) is 0 Å². The molecule has 6 heteroatoms. The molecule has 22 heavy (non-hydrogen) atoms. The minimum absolute atomic E-state index is 0.125. The fourth-order valence-corrected chi connectivity index (χ4v) is 3.48. The van der Waals surface area contributed by atoms with Crippen molar-refractivity contribution in [2.75, 3.05) is 19.7 Å². The fourth-order valence-electron chi connectivity index (χ4n) is 2.57. The molecule has 1 aromatic heterocycles. The monoisotopic (exact) mass is 320 g/mol. The Balaban J connectivity index is 1.66. The number of nitrogens with zero attached hydrogens (tertiary/aromatic N) is 1. The van der Waals surface area contributed by atoms with E-state index < -0.39 is 5.91 Å². The number of carbonyl (C=O) groups is 1. The molecule has 1 atom stereocenters. The lowest BCUT2D eigenvalue weighted by Crippen LogP contribution is -2.37. The van der Waals surface area contributed by atoms with Gasteiger partial charge in [0.2, 0.25) is 5.91 Å². The van der Waals surface area contributed by atoms with E-state index in [4.69, 9.17) is 10.5 Å². The third-order valence-electron chi connectivity index (χ3n) is 3.69. The molecule has 116 valence electrons. The van der Waals surface area contributed by atoms with Gasteiger partial charge in [-0.15, -0.1) is 11.3 Å². The first kappa shape index (κ1) is 15.1. The Kier molecular flexibility index (Phi) is 4.52. The van der Waals surface area contributed by atoms with Crippen LogP contribution in [0.25, 0.3) is 0 Å². The first-order valence-electron chi connectivity index (χ1n) is 7.08. The molecule has 0 unspecified atom stereocenters. The van der Waals surface area contributed by atoms with Gasteiger partial charge in [0.05, 0.1) is 18.3 Å². The standard InChI is InChI=1S/C16H17FN2O2S/c17-13-3-1-2-11(6-13)15-9-19(4-5-21-15)8-14-7-12(10-22-14)16(18)20/h1-3,6-7,10,15H,4-5,8-9H2,(H2,18,20)/t15-/m1/s1. The topological polar surface area (TPSA) is 55.6 Å². The maximum Gasteiger partial charge on any atom is 0.249 e. The number of nitrogens with two attached hydrogens (primary N) is 1. The summed E-state index contributed by atoms with van der Waals surface area (Å²) >= 11 is 1.53. The summed E-state index contributed by atoms with van der Waals surface area (Å²) in [6, 6.07) is 8.37. The second-order valence-electron chi connectivity index (χ2n) is 5.32. The molecular formula is C16H17FN2O2S. The summed E-state index contributed by atoms with van der Waals surface area (Å²) in [5, 5.41) is 1.78. The van der Waals surface area contributed by atoms with E-state index in [1.807, 2.05) is 12.1 Å². The van der Waals surface area contributed by atoms with Crippen molar-refractivity contribution in [2.45, 2.75) is 12.6 Å². The van der Waals surface area contributed by atoms with Gasteiger partial charge in [-0.1, -0.05) is 12.1 Å². The number of ether oxygens (including phenoxy) is 1. The van der Waals surface area contributed by atoms with Crippen LogP contribution in [0.1, 0.15) is 26.9 Å². The summed E-state index contributed by atoms with van der Waals surface area (Å²) in [5.74, 6) is -0.648. The van der Waals surface area contributed by atoms with Crippen molar-refractivity contribution in [3.8, 4) is 0 Å². The lowest BCUT2D eigenvalue weighted by Gasteiger charge is -2.32. The molecule has 1 fully saturated rings. The summed E-state index contributed by atoms with van der Waals surface area (Å²) in [4.78, 5) is 14.5. The normalized spacial score (nSPS) is 19.2. The molecule has 3 rings (SSSR count). The maximum absolute atomic E-state index is 13.3. The van der Waals surface area contributed by atoms with Gasteiger partial charge in [-0.25, -0.2) is 4.39 Å². The van der Waals surface area contributed by atoms with Crippen molar-refractivity contribution < 1.29 is 13.9 Å². The predicted molar refractivity (Wildman–Crippen MR) is 83.2 cm³/mol. The largest absolute Gasteiger partial charge is 0.371 e. The number of primary amides is 1. The molecule has 2 N–H and O–H groups in total. The predicted octanol–water partition coefficient (Wildman–Crippen LogP) is 2.56. The zero-order valence-electron chi connectivity index (χ0n) is 12.0. The fraction of sp³-hybridized carbons (Fsp3) is 0.312. The molecular weight excluding hydrogens is 303 g/mol. The maximum atomic E-state index is 13.3. The van der Waals surface area contributed by atoms with E-state index in [-0.39, 0.29) is 11.9 Å². The molecule has 0 radical (unpaired) electrons. The van der Waals surface area contributed by atoms with Crippen molar-refractivity contribution in [1.82, 2.24) is 4.90 Å². The third kappa shape index (κ3) is 3.52. The van der Waals surface area contributed by atoms with Gasteiger partial charge < -0.3 is 10.5 Å². The minimum atomic E-state index is -0.401. The van der Waals surface area contributed by atoms with Gasteiger partial charge in [0.25, 0.3) is 0 Å². The lowest BCUT2D eigenvalue weighted by molar-refractivity contribution is -0.0327. The van der Waals surface area contributed by atoms with Crippen LogP contribution >= 0.6 is 11.3 Å². The van der Waals surface area contributed by atoms with Crippen molar-refractivity contribution >= 4 is 17.2 Å². The van der Waals surface area contributed by atoms with Gasteiger partial charge in [-0.05, 0) is 23.8 Å². The summed E-state index contributed by atoms with van der Waals surface area (Å²) in [7, 11) is 0. The molecule has 1 aromatic carbocycles. The van der Waals surface area contributed by atoms with Gasteiger partial charge >= 0.3 is 0 Å². The Hall–Kier alpha value is -1.76. The van der Waals surface area contributed by atoms with E-state index in [0.717, 1.165) is 23.5 Å². The Bertz CT molecular complexity index is 674. The number of hydrogen-bond donors (Lipinski definition) is 1. The summed E-state index contributed by atoms with van der Waals surface area (Å²) < 4.78 is 19.1. The van der Waals surface area contributed by atoms with E-state index in [0.29, 0.717) is 18.7 Å². The van der Waals surface area contributed by atoms with Gasteiger partial charge in [-0.2, -0.15) is 0 Å². The minimum Gasteiger partial charge on any atom is -0.371 e. The average Bonchev–Trinajstić information content (AvgIpc) is 2.96. The molecule has 0 aliphatic carbocycles. The van der Waals surface area contributed by atoms with Crippen LogP contribution in [0.15, 0.2) is 35.7 Å². The Morgan fingerprint density at radius 2 is 2.32 bits per heavy atom. The van der Waals surface area contributed by atoms with Gasteiger partial charge in [0.15, 0.2) is 0 Å². The van der Waals surface area contributed by atoms with Crippen LogP contribution in [0.3, 0.4) is 0 Å². The summed E-state index contributed by atoms with van der Waals surface area (Å²) in [6.45, 7) is 2.87. The van der Waals surface area contributed by atoms with Crippen molar-refractivity contribution in [3.63, 3.8) is 0 Å². The highest BCUT2D eigenvalue weighted by atomic mass is 32.1. The Morgan fingerprint density at radius 1 is 1.45 bits per heavy atom. The smallest absolute Gasteiger partial charge is 0.249 e. The first-order valence-corrected chi connectivity index (χ1v) is 7.96. The molecule has 2 heterocycles. The van der Waals surface area contributed by atoms with Crippen LogP contribution in [0.4, 0.5) is 4.39 Å². The molecule has 1 aliphatic heterocycles. The van der Waals surface area contributed by atoms with Crippen molar-refractivity contribution in [1.29, 1.82) is 0 Å². The average molecular weight is 320 g/mol. The number of hydrogen-bond acceptors (Lipinski definition) is 4. The number of rotatable bonds is 4. The van der Waals surface area contributed by atoms with Crippen LogP contribution in [0, 0.1) is 5.82 Å². The van der Waals surface area contributed by atoms with E-state index in [9.17, 15) is 9.18 Å². The van der Waals surface area contributed by atoms with Crippen LogP contribution in [-0.4, -0.2) is 30.5 Å². The van der Waals surface area contributed by atoms with Crippen LogP contribution in [0.5, 0.6) is 0 Å². The number of morpholine rings is 1. The highest BCUT2D eigenvalue weighted by Crippen LogP contribution is 2.25. The Morgan fingerprint density at radius 3 is 3.05 bits per heavy atom. The molecule has 1 amide bonds. The molecule has 2 aromatic rings. The van der Waals surface area contributed by atoms with E-state index >= 15 is 0 Å². The van der Waals surface area contributed by atoms with Crippen molar-refractivity contribution in [3.05, 3.63) is 57.5 Å².